The van der Waals surface area contributed by atoms with E-state index in [0.717, 1.165) is 11.1 Å². The fourth-order valence-electron chi connectivity index (χ4n) is 3.76. The highest BCUT2D eigenvalue weighted by Gasteiger charge is 2.28. The van der Waals surface area contributed by atoms with Gasteiger partial charge in [0.25, 0.3) is 5.91 Å². The Morgan fingerprint density at radius 3 is 2.58 bits per heavy atom. The van der Waals surface area contributed by atoms with Crippen LogP contribution in [0.15, 0.2) is 48.8 Å². The van der Waals surface area contributed by atoms with Gasteiger partial charge in [-0.1, -0.05) is 18.2 Å². The van der Waals surface area contributed by atoms with Crippen molar-refractivity contribution >= 4 is 17.5 Å². The van der Waals surface area contributed by atoms with Crippen LogP contribution in [0.1, 0.15) is 28.8 Å². The summed E-state index contributed by atoms with van der Waals surface area (Å²) in [5, 5.41) is 14.1. The van der Waals surface area contributed by atoms with Gasteiger partial charge in [-0.2, -0.15) is 0 Å². The van der Waals surface area contributed by atoms with Crippen LogP contribution in [-0.2, 0) is 4.79 Å². The Morgan fingerprint density at radius 2 is 1.90 bits per heavy atom. The molecule has 9 heteroatoms. The van der Waals surface area contributed by atoms with Crippen molar-refractivity contribution in [2.45, 2.75) is 19.8 Å². The SMILES string of the molecule is COc1cc(NC(=O)C2CCN(C(=O)c3ccccc3C)CC2)cc(-n2cnnn2)c1. The highest BCUT2D eigenvalue weighted by Crippen LogP contribution is 2.26. The van der Waals surface area contributed by atoms with Crippen LogP contribution in [0.5, 0.6) is 5.75 Å². The first-order chi connectivity index (χ1) is 15.0. The van der Waals surface area contributed by atoms with Crippen LogP contribution in [0.4, 0.5) is 5.69 Å². The van der Waals surface area contributed by atoms with Crippen molar-refractivity contribution in [1.29, 1.82) is 0 Å². The smallest absolute Gasteiger partial charge is 0.254 e. The van der Waals surface area contributed by atoms with E-state index in [1.807, 2.05) is 36.1 Å². The molecule has 1 fully saturated rings. The second kappa shape index (κ2) is 8.95. The highest BCUT2D eigenvalue weighted by molar-refractivity contribution is 5.96. The molecule has 2 aromatic carbocycles. The zero-order chi connectivity index (χ0) is 21.8. The summed E-state index contributed by atoms with van der Waals surface area (Å²) in [4.78, 5) is 27.5. The Balaban J connectivity index is 1.40. The average molecular weight is 420 g/mol. The van der Waals surface area contributed by atoms with E-state index < -0.39 is 0 Å². The van der Waals surface area contributed by atoms with Crippen molar-refractivity contribution in [3.05, 3.63) is 59.9 Å². The van der Waals surface area contributed by atoms with Gasteiger partial charge >= 0.3 is 0 Å². The summed E-state index contributed by atoms with van der Waals surface area (Å²) < 4.78 is 6.83. The van der Waals surface area contributed by atoms with Crippen molar-refractivity contribution in [3.63, 3.8) is 0 Å². The number of ether oxygens (including phenoxy) is 1. The van der Waals surface area contributed by atoms with Crippen molar-refractivity contribution < 1.29 is 14.3 Å². The van der Waals surface area contributed by atoms with E-state index in [0.29, 0.717) is 43.1 Å². The lowest BCUT2D eigenvalue weighted by Gasteiger charge is -2.31. The van der Waals surface area contributed by atoms with Crippen LogP contribution in [0.25, 0.3) is 5.69 Å². The molecule has 0 aliphatic carbocycles. The van der Waals surface area contributed by atoms with Gasteiger partial charge in [-0.25, -0.2) is 4.68 Å². The molecule has 0 atom stereocenters. The second-order valence-electron chi connectivity index (χ2n) is 7.54. The summed E-state index contributed by atoms with van der Waals surface area (Å²) in [5.41, 5.74) is 2.97. The Bertz CT molecular complexity index is 1070. The van der Waals surface area contributed by atoms with Gasteiger partial charge in [-0.15, -0.1) is 5.10 Å². The molecule has 1 aliphatic heterocycles. The van der Waals surface area contributed by atoms with Crippen LogP contribution in [0.3, 0.4) is 0 Å². The van der Waals surface area contributed by atoms with Gasteiger partial charge in [-0.3, -0.25) is 9.59 Å². The lowest BCUT2D eigenvalue weighted by molar-refractivity contribution is -0.121. The van der Waals surface area contributed by atoms with E-state index in [1.54, 1.807) is 25.3 Å². The number of aryl methyl sites for hydroxylation is 1. The van der Waals surface area contributed by atoms with E-state index in [-0.39, 0.29) is 17.7 Å². The molecule has 31 heavy (non-hydrogen) atoms. The number of hydrogen-bond donors (Lipinski definition) is 1. The maximum Gasteiger partial charge on any atom is 0.254 e. The highest BCUT2D eigenvalue weighted by atomic mass is 16.5. The fourth-order valence-corrected chi connectivity index (χ4v) is 3.76. The molecule has 4 rings (SSSR count). The minimum atomic E-state index is -0.163. The van der Waals surface area contributed by atoms with Gasteiger partial charge in [0.1, 0.15) is 12.1 Å². The number of anilines is 1. The molecule has 0 radical (unpaired) electrons. The minimum Gasteiger partial charge on any atom is -0.497 e. The molecule has 2 amide bonds. The van der Waals surface area contributed by atoms with Gasteiger partial charge in [0.05, 0.1) is 12.8 Å². The van der Waals surface area contributed by atoms with E-state index >= 15 is 0 Å². The molecule has 0 spiro atoms. The minimum absolute atomic E-state index is 0.0239. The Hall–Kier alpha value is -3.75. The normalized spacial score (nSPS) is 14.3. The standard InChI is InChI=1S/C22H24N6O3/c1-15-5-3-4-6-20(15)22(30)27-9-7-16(8-10-27)21(29)24-17-11-18(13-19(12-17)31-2)28-14-23-25-26-28/h3-6,11-14,16H,7-10H2,1-2H3,(H,24,29). The number of hydrogen-bond acceptors (Lipinski definition) is 6. The van der Waals surface area contributed by atoms with E-state index in [9.17, 15) is 9.59 Å². The summed E-state index contributed by atoms with van der Waals surface area (Å²) in [6, 6.07) is 12.9. The number of benzene rings is 2. The molecule has 3 aromatic rings. The van der Waals surface area contributed by atoms with E-state index in [4.69, 9.17) is 4.74 Å². The average Bonchev–Trinajstić information content (AvgIpc) is 3.34. The number of likely N-dealkylation sites (tertiary alicyclic amines) is 1. The quantitative estimate of drug-likeness (QED) is 0.680. The number of rotatable bonds is 5. The third kappa shape index (κ3) is 4.55. The lowest BCUT2D eigenvalue weighted by atomic mass is 9.95. The first-order valence-corrected chi connectivity index (χ1v) is 10.1. The molecular formula is C22H24N6O3. The maximum absolute atomic E-state index is 12.9. The molecule has 0 unspecified atom stereocenters. The number of carbonyl (C=O) groups is 2. The fraction of sp³-hybridized carbons (Fsp3) is 0.318. The number of aromatic nitrogens is 4. The van der Waals surface area contributed by atoms with Crippen molar-refractivity contribution in [2.24, 2.45) is 5.92 Å². The third-order valence-corrected chi connectivity index (χ3v) is 5.54. The summed E-state index contributed by atoms with van der Waals surface area (Å²) in [6.07, 6.45) is 2.71. The van der Waals surface area contributed by atoms with Crippen molar-refractivity contribution in [2.75, 3.05) is 25.5 Å². The van der Waals surface area contributed by atoms with Crippen LogP contribution < -0.4 is 10.1 Å². The lowest BCUT2D eigenvalue weighted by Crippen LogP contribution is -2.41. The number of nitrogens with one attached hydrogen (secondary N) is 1. The topological polar surface area (TPSA) is 102 Å². The van der Waals surface area contributed by atoms with Crippen molar-refractivity contribution in [1.82, 2.24) is 25.1 Å². The van der Waals surface area contributed by atoms with Crippen LogP contribution in [-0.4, -0.2) is 57.1 Å². The largest absolute Gasteiger partial charge is 0.497 e. The molecule has 0 saturated carbocycles. The third-order valence-electron chi connectivity index (χ3n) is 5.54. The van der Waals surface area contributed by atoms with Gasteiger partial charge in [-0.05, 0) is 47.9 Å². The number of piperidine rings is 1. The molecule has 9 nitrogen and oxygen atoms in total. The first kappa shape index (κ1) is 20.5. The van der Waals surface area contributed by atoms with E-state index in [2.05, 4.69) is 20.8 Å². The summed E-state index contributed by atoms with van der Waals surface area (Å²) in [5.74, 6) is 0.375. The summed E-state index contributed by atoms with van der Waals surface area (Å²) >= 11 is 0. The second-order valence-corrected chi connectivity index (χ2v) is 7.54. The molecular weight excluding hydrogens is 396 g/mol. The number of amides is 2. The molecule has 1 aromatic heterocycles. The molecule has 2 heterocycles. The summed E-state index contributed by atoms with van der Waals surface area (Å²) in [6.45, 7) is 3.05. The number of nitrogens with zero attached hydrogens (tertiary/aromatic N) is 5. The predicted octanol–water partition coefficient (Wildman–Crippen LogP) is 2.47. The Morgan fingerprint density at radius 1 is 1.13 bits per heavy atom. The zero-order valence-corrected chi connectivity index (χ0v) is 17.5. The molecule has 0 bridgehead atoms. The monoisotopic (exact) mass is 420 g/mol. The molecule has 1 N–H and O–H groups in total. The van der Waals surface area contributed by atoms with Gasteiger partial charge in [0.15, 0.2) is 0 Å². The summed E-state index contributed by atoms with van der Waals surface area (Å²) in [7, 11) is 1.56. The number of methoxy groups -OCH3 is 1. The van der Waals surface area contributed by atoms with Crippen LogP contribution in [0.2, 0.25) is 0 Å². The first-order valence-electron chi connectivity index (χ1n) is 10.1. The van der Waals surface area contributed by atoms with Gasteiger partial charge in [0.2, 0.25) is 5.91 Å². The zero-order valence-electron chi connectivity index (χ0n) is 17.5. The molecule has 1 saturated heterocycles. The number of tetrazole rings is 1. The van der Waals surface area contributed by atoms with Crippen molar-refractivity contribution in [3.8, 4) is 11.4 Å². The van der Waals surface area contributed by atoms with Crippen LogP contribution in [0, 0.1) is 12.8 Å². The number of carbonyl (C=O) groups excluding carboxylic acids is 2. The van der Waals surface area contributed by atoms with E-state index in [1.165, 1.54) is 11.0 Å². The molecule has 160 valence electrons. The Labute approximate surface area is 180 Å². The van der Waals surface area contributed by atoms with Gasteiger partial charge in [0, 0.05) is 42.4 Å². The van der Waals surface area contributed by atoms with Gasteiger partial charge < -0.3 is 15.0 Å². The Kier molecular flexibility index (Phi) is 5.92. The molecule has 1 aliphatic rings. The maximum atomic E-state index is 12.9. The van der Waals surface area contributed by atoms with Crippen LogP contribution >= 0.6 is 0 Å². The predicted molar refractivity (Wildman–Crippen MR) is 114 cm³/mol.